The number of nitro groups is 1. The first kappa shape index (κ1) is 18.6. The van der Waals surface area contributed by atoms with Crippen molar-refractivity contribution < 1.29 is 19.2 Å². The zero-order valence-corrected chi connectivity index (χ0v) is 14.7. The van der Waals surface area contributed by atoms with Crippen LogP contribution in [-0.2, 0) is 4.74 Å². The Labute approximate surface area is 149 Å². The molecule has 0 saturated carbocycles. The molecule has 0 atom stereocenters. The van der Waals surface area contributed by atoms with Crippen LogP contribution in [0.15, 0.2) is 35.7 Å². The van der Waals surface area contributed by atoms with Gasteiger partial charge in [-0.3, -0.25) is 14.9 Å². The fraction of sp³-hybridized carbons (Fsp3) is 0.294. The number of ketones is 1. The van der Waals surface area contributed by atoms with Crippen LogP contribution in [0.4, 0.5) is 11.4 Å². The van der Waals surface area contributed by atoms with Crippen molar-refractivity contribution in [2.24, 2.45) is 0 Å². The third-order valence-corrected chi connectivity index (χ3v) is 4.38. The largest absolute Gasteiger partial charge is 0.462 e. The molecule has 0 aliphatic carbocycles. The number of nitro benzene ring substituents is 1. The van der Waals surface area contributed by atoms with E-state index in [1.807, 2.05) is 11.4 Å². The summed E-state index contributed by atoms with van der Waals surface area (Å²) in [6.07, 6.45) is 0.688. The van der Waals surface area contributed by atoms with Crippen LogP contribution in [0.2, 0.25) is 0 Å². The number of hydrogen-bond donors (Lipinski definition) is 0. The topological polar surface area (TPSA) is 89.8 Å². The molecule has 7 nitrogen and oxygen atoms in total. The molecule has 25 heavy (non-hydrogen) atoms. The van der Waals surface area contributed by atoms with Crippen LogP contribution < -0.4 is 4.90 Å². The van der Waals surface area contributed by atoms with E-state index in [1.165, 1.54) is 29.5 Å². The van der Waals surface area contributed by atoms with E-state index in [0.29, 0.717) is 17.0 Å². The second-order valence-electron chi connectivity index (χ2n) is 5.49. The summed E-state index contributed by atoms with van der Waals surface area (Å²) in [7, 11) is 3.37. The van der Waals surface area contributed by atoms with Crippen molar-refractivity contribution in [1.29, 1.82) is 0 Å². The van der Waals surface area contributed by atoms with Crippen LogP contribution in [-0.4, -0.2) is 37.4 Å². The highest BCUT2D eigenvalue weighted by Gasteiger charge is 2.19. The molecule has 0 fully saturated rings. The Balaban J connectivity index is 1.91. The molecule has 1 heterocycles. The Morgan fingerprint density at radius 2 is 2.04 bits per heavy atom. The maximum absolute atomic E-state index is 12.0. The lowest BCUT2D eigenvalue weighted by Gasteiger charge is -2.13. The van der Waals surface area contributed by atoms with Gasteiger partial charge in [0.2, 0.25) is 0 Å². The van der Waals surface area contributed by atoms with E-state index in [-0.39, 0.29) is 30.1 Å². The molecule has 1 aromatic carbocycles. The number of carbonyl (C=O) groups is 2. The Kier molecular flexibility index (Phi) is 6.24. The molecule has 2 aromatic rings. The highest BCUT2D eigenvalue weighted by Crippen LogP contribution is 2.28. The summed E-state index contributed by atoms with van der Waals surface area (Å²) in [4.78, 5) is 36.7. The first-order valence-electron chi connectivity index (χ1n) is 7.59. The zero-order valence-electron chi connectivity index (χ0n) is 13.9. The number of esters is 1. The number of thiophene rings is 1. The number of rotatable bonds is 8. The average Bonchev–Trinajstić information content (AvgIpc) is 3.12. The fourth-order valence-corrected chi connectivity index (χ4v) is 2.91. The molecule has 0 saturated heterocycles. The number of ether oxygens (including phenoxy) is 1. The standard InChI is InChI=1S/C17H18N2O5S/c1-18(2)13-8-7-12(11-14(13)19(22)23)17(21)24-9-3-5-15(20)16-6-4-10-25-16/h4,6-8,10-11H,3,5,9H2,1-2H3. The third-order valence-electron chi connectivity index (χ3n) is 3.47. The number of benzene rings is 1. The second kappa shape index (κ2) is 8.39. The molecule has 0 radical (unpaired) electrons. The Morgan fingerprint density at radius 3 is 2.64 bits per heavy atom. The first-order valence-corrected chi connectivity index (χ1v) is 8.47. The minimum Gasteiger partial charge on any atom is -0.462 e. The van der Waals surface area contributed by atoms with Crippen molar-refractivity contribution in [3.05, 3.63) is 56.3 Å². The van der Waals surface area contributed by atoms with Crippen molar-refractivity contribution in [2.75, 3.05) is 25.6 Å². The van der Waals surface area contributed by atoms with Gasteiger partial charge >= 0.3 is 5.97 Å². The van der Waals surface area contributed by atoms with E-state index in [1.54, 1.807) is 25.1 Å². The fourth-order valence-electron chi connectivity index (χ4n) is 2.22. The molecule has 8 heteroatoms. The summed E-state index contributed by atoms with van der Waals surface area (Å²) >= 11 is 1.38. The lowest BCUT2D eigenvalue weighted by molar-refractivity contribution is -0.384. The monoisotopic (exact) mass is 362 g/mol. The molecular weight excluding hydrogens is 344 g/mol. The van der Waals surface area contributed by atoms with Crippen molar-refractivity contribution in [1.82, 2.24) is 0 Å². The van der Waals surface area contributed by atoms with Crippen LogP contribution >= 0.6 is 11.3 Å². The van der Waals surface area contributed by atoms with Gasteiger partial charge in [-0.25, -0.2) is 4.79 Å². The van der Waals surface area contributed by atoms with Crippen LogP contribution in [0.5, 0.6) is 0 Å². The predicted molar refractivity (Wildman–Crippen MR) is 95.6 cm³/mol. The van der Waals surface area contributed by atoms with Gasteiger partial charge in [-0.2, -0.15) is 0 Å². The first-order chi connectivity index (χ1) is 11.9. The number of hydrogen-bond acceptors (Lipinski definition) is 7. The van der Waals surface area contributed by atoms with Gasteiger partial charge in [0, 0.05) is 26.6 Å². The van der Waals surface area contributed by atoms with Gasteiger partial charge in [-0.1, -0.05) is 6.07 Å². The number of carbonyl (C=O) groups excluding carboxylic acids is 2. The van der Waals surface area contributed by atoms with Crippen LogP contribution in [0.25, 0.3) is 0 Å². The summed E-state index contributed by atoms with van der Waals surface area (Å²) in [5, 5.41) is 13.0. The molecule has 132 valence electrons. The summed E-state index contributed by atoms with van der Waals surface area (Å²) < 4.78 is 5.11. The highest BCUT2D eigenvalue weighted by molar-refractivity contribution is 7.12. The SMILES string of the molecule is CN(C)c1ccc(C(=O)OCCCC(=O)c2cccs2)cc1[N+](=O)[O-]. The van der Waals surface area contributed by atoms with Crippen molar-refractivity contribution in [3.8, 4) is 0 Å². The van der Waals surface area contributed by atoms with Gasteiger partial charge in [-0.05, 0) is 30.0 Å². The maximum Gasteiger partial charge on any atom is 0.338 e. The van der Waals surface area contributed by atoms with Gasteiger partial charge in [0.05, 0.1) is 22.0 Å². The molecule has 0 aliphatic heterocycles. The normalized spacial score (nSPS) is 10.3. The average molecular weight is 362 g/mol. The van der Waals surface area contributed by atoms with Gasteiger partial charge < -0.3 is 9.64 Å². The van der Waals surface area contributed by atoms with Gasteiger partial charge in [0.25, 0.3) is 5.69 Å². The number of anilines is 1. The van der Waals surface area contributed by atoms with E-state index in [2.05, 4.69) is 0 Å². The minimum atomic E-state index is -0.642. The van der Waals surface area contributed by atoms with Gasteiger partial charge in [-0.15, -0.1) is 11.3 Å². The molecule has 2 rings (SSSR count). The van der Waals surface area contributed by atoms with Crippen LogP contribution in [0.3, 0.4) is 0 Å². The molecule has 0 N–H and O–H groups in total. The molecule has 0 amide bonds. The quantitative estimate of drug-likeness (QED) is 0.235. The summed E-state index contributed by atoms with van der Waals surface area (Å²) in [5.41, 5.74) is 0.359. The van der Waals surface area contributed by atoms with E-state index in [0.717, 1.165) is 0 Å². The highest BCUT2D eigenvalue weighted by atomic mass is 32.1. The predicted octanol–water partition coefficient (Wildman–Crippen LogP) is 3.54. The van der Waals surface area contributed by atoms with Crippen LogP contribution in [0.1, 0.15) is 32.9 Å². The van der Waals surface area contributed by atoms with Gasteiger partial charge in [0.1, 0.15) is 5.69 Å². The second-order valence-corrected chi connectivity index (χ2v) is 6.44. The van der Waals surface area contributed by atoms with Crippen molar-refractivity contribution in [3.63, 3.8) is 0 Å². The maximum atomic E-state index is 12.0. The summed E-state index contributed by atoms with van der Waals surface area (Å²) in [6.45, 7) is 0.0825. The molecule has 0 aliphatic rings. The number of Topliss-reactive ketones (excluding diaryl/α,β-unsaturated/α-hetero) is 1. The lowest BCUT2D eigenvalue weighted by Crippen LogP contribution is -2.13. The summed E-state index contributed by atoms with van der Waals surface area (Å²) in [5.74, 6) is -0.631. The Bertz CT molecular complexity index is 771. The van der Waals surface area contributed by atoms with E-state index in [4.69, 9.17) is 4.74 Å². The van der Waals surface area contributed by atoms with Crippen molar-refractivity contribution in [2.45, 2.75) is 12.8 Å². The third kappa shape index (κ3) is 4.87. The lowest BCUT2D eigenvalue weighted by atomic mass is 10.1. The smallest absolute Gasteiger partial charge is 0.338 e. The number of nitrogens with zero attached hydrogens (tertiary/aromatic N) is 2. The summed E-state index contributed by atoms with van der Waals surface area (Å²) in [6, 6.07) is 7.76. The zero-order chi connectivity index (χ0) is 18.4. The van der Waals surface area contributed by atoms with E-state index < -0.39 is 10.9 Å². The van der Waals surface area contributed by atoms with Gasteiger partial charge in [0.15, 0.2) is 5.78 Å². The van der Waals surface area contributed by atoms with Crippen molar-refractivity contribution >= 4 is 34.5 Å². The van der Waals surface area contributed by atoms with E-state index in [9.17, 15) is 19.7 Å². The Hall–Kier alpha value is -2.74. The van der Waals surface area contributed by atoms with E-state index >= 15 is 0 Å². The molecule has 0 bridgehead atoms. The minimum absolute atomic E-state index is 0.0111. The Morgan fingerprint density at radius 1 is 1.28 bits per heavy atom. The van der Waals surface area contributed by atoms with Crippen LogP contribution in [0, 0.1) is 10.1 Å². The molecule has 1 aromatic heterocycles. The molecular formula is C17H18N2O5S. The molecule has 0 spiro atoms. The molecule has 0 unspecified atom stereocenters.